The van der Waals surface area contributed by atoms with E-state index in [9.17, 15) is 14.7 Å². The SMILES string of the molecule is CCC=CCC=CCC=CCC=CCC=CCCCC(=O)OCC(CO)OC(=O)CCCCCCC=CCC=CCC=CCCCCC. The van der Waals surface area contributed by atoms with E-state index in [1.54, 1.807) is 0 Å². The van der Waals surface area contributed by atoms with Gasteiger partial charge in [0.15, 0.2) is 6.10 Å². The number of rotatable bonds is 32. The Balaban J connectivity index is 3.76. The first-order chi connectivity index (χ1) is 23.6. The van der Waals surface area contributed by atoms with Gasteiger partial charge in [0, 0.05) is 12.8 Å². The molecule has 0 saturated carbocycles. The fourth-order valence-corrected chi connectivity index (χ4v) is 4.53. The third-order valence-electron chi connectivity index (χ3n) is 7.36. The quantitative estimate of drug-likeness (QED) is 0.0440. The summed E-state index contributed by atoms with van der Waals surface area (Å²) in [7, 11) is 0. The van der Waals surface area contributed by atoms with Crippen LogP contribution in [0.3, 0.4) is 0 Å². The molecule has 5 heteroatoms. The second-order valence-corrected chi connectivity index (χ2v) is 11.9. The molecule has 0 spiro atoms. The van der Waals surface area contributed by atoms with Gasteiger partial charge in [-0.05, 0) is 89.9 Å². The van der Waals surface area contributed by atoms with Gasteiger partial charge in [-0.3, -0.25) is 9.59 Å². The molecule has 48 heavy (non-hydrogen) atoms. The number of carbonyl (C=O) groups is 2. The van der Waals surface area contributed by atoms with Gasteiger partial charge in [-0.1, -0.05) is 137 Å². The van der Waals surface area contributed by atoms with Gasteiger partial charge in [0.05, 0.1) is 6.61 Å². The van der Waals surface area contributed by atoms with Crippen molar-refractivity contribution in [3.05, 3.63) is 97.2 Å². The zero-order chi connectivity index (χ0) is 35.0. The molecule has 0 aliphatic rings. The smallest absolute Gasteiger partial charge is 0.306 e. The van der Waals surface area contributed by atoms with Crippen LogP contribution < -0.4 is 0 Å². The van der Waals surface area contributed by atoms with E-state index in [-0.39, 0.29) is 25.2 Å². The van der Waals surface area contributed by atoms with Crippen LogP contribution in [0.1, 0.15) is 142 Å². The van der Waals surface area contributed by atoms with E-state index in [0.29, 0.717) is 19.3 Å². The Bertz CT molecular complexity index is 979. The largest absolute Gasteiger partial charge is 0.462 e. The molecule has 5 nitrogen and oxygen atoms in total. The van der Waals surface area contributed by atoms with Gasteiger partial charge in [0.25, 0.3) is 0 Å². The summed E-state index contributed by atoms with van der Waals surface area (Å²) < 4.78 is 10.5. The molecular weight excluding hydrogens is 596 g/mol. The van der Waals surface area contributed by atoms with E-state index in [2.05, 4.69) is 111 Å². The van der Waals surface area contributed by atoms with Crippen molar-refractivity contribution in [1.29, 1.82) is 0 Å². The van der Waals surface area contributed by atoms with Crippen molar-refractivity contribution in [3.8, 4) is 0 Å². The highest BCUT2D eigenvalue weighted by molar-refractivity contribution is 5.70. The van der Waals surface area contributed by atoms with Crippen LogP contribution in [0.25, 0.3) is 0 Å². The first-order valence-electron chi connectivity index (χ1n) is 18.8. The number of hydrogen-bond acceptors (Lipinski definition) is 5. The molecule has 0 rings (SSSR count). The maximum Gasteiger partial charge on any atom is 0.306 e. The molecule has 1 N–H and O–H groups in total. The molecule has 0 aliphatic heterocycles. The lowest BCUT2D eigenvalue weighted by atomic mass is 10.1. The predicted octanol–water partition coefficient (Wildman–Crippen LogP) is 11.7. The Kier molecular flexibility index (Phi) is 35.7. The number of ether oxygens (including phenoxy) is 2. The van der Waals surface area contributed by atoms with Crippen LogP contribution in [-0.2, 0) is 19.1 Å². The first kappa shape index (κ1) is 44.8. The molecule has 0 heterocycles. The molecule has 0 amide bonds. The zero-order valence-electron chi connectivity index (χ0n) is 30.5. The summed E-state index contributed by atoms with van der Waals surface area (Å²) >= 11 is 0. The highest BCUT2D eigenvalue weighted by atomic mass is 16.6. The second kappa shape index (κ2) is 38.3. The molecule has 1 atom stereocenters. The number of esters is 2. The van der Waals surface area contributed by atoms with Crippen molar-refractivity contribution in [3.63, 3.8) is 0 Å². The van der Waals surface area contributed by atoms with Crippen molar-refractivity contribution in [2.45, 2.75) is 148 Å². The predicted molar refractivity (Wildman–Crippen MR) is 205 cm³/mol. The maximum atomic E-state index is 12.1. The molecule has 0 aliphatic carbocycles. The molecule has 0 fully saturated rings. The average Bonchev–Trinajstić information content (AvgIpc) is 3.09. The van der Waals surface area contributed by atoms with E-state index >= 15 is 0 Å². The molecule has 0 aromatic rings. The Morgan fingerprint density at radius 1 is 0.500 bits per heavy atom. The highest BCUT2D eigenvalue weighted by Gasteiger charge is 2.15. The van der Waals surface area contributed by atoms with Gasteiger partial charge < -0.3 is 14.6 Å². The van der Waals surface area contributed by atoms with Crippen molar-refractivity contribution >= 4 is 11.9 Å². The highest BCUT2D eigenvalue weighted by Crippen LogP contribution is 2.09. The fraction of sp³-hybridized carbons (Fsp3) is 0.581. The van der Waals surface area contributed by atoms with Gasteiger partial charge in [0.2, 0.25) is 0 Å². The number of hydrogen-bond donors (Lipinski definition) is 1. The lowest BCUT2D eigenvalue weighted by molar-refractivity contribution is -0.161. The van der Waals surface area contributed by atoms with E-state index in [1.165, 1.54) is 25.7 Å². The summed E-state index contributed by atoms with van der Waals surface area (Å²) in [4.78, 5) is 24.2. The number of carbonyl (C=O) groups excluding carboxylic acids is 2. The Morgan fingerprint density at radius 3 is 1.40 bits per heavy atom. The Morgan fingerprint density at radius 2 is 0.917 bits per heavy atom. The summed E-state index contributed by atoms with van der Waals surface area (Å²) in [5.74, 6) is -0.696. The maximum absolute atomic E-state index is 12.1. The van der Waals surface area contributed by atoms with Crippen molar-refractivity contribution < 1.29 is 24.2 Å². The van der Waals surface area contributed by atoms with Gasteiger partial charge in [0.1, 0.15) is 6.61 Å². The lowest BCUT2D eigenvalue weighted by Gasteiger charge is -2.15. The third-order valence-corrected chi connectivity index (χ3v) is 7.36. The van der Waals surface area contributed by atoms with Crippen LogP contribution in [0.15, 0.2) is 97.2 Å². The summed E-state index contributed by atoms with van der Waals surface area (Å²) in [5.41, 5.74) is 0. The van der Waals surface area contributed by atoms with E-state index < -0.39 is 6.10 Å². The summed E-state index contributed by atoms with van der Waals surface area (Å²) in [6.45, 7) is 3.90. The van der Waals surface area contributed by atoms with Crippen LogP contribution in [0.5, 0.6) is 0 Å². The van der Waals surface area contributed by atoms with E-state index in [4.69, 9.17) is 9.47 Å². The monoisotopic (exact) mass is 665 g/mol. The minimum Gasteiger partial charge on any atom is -0.462 e. The molecule has 0 radical (unpaired) electrons. The van der Waals surface area contributed by atoms with Gasteiger partial charge in [-0.25, -0.2) is 0 Å². The van der Waals surface area contributed by atoms with E-state index in [1.807, 2.05) is 0 Å². The van der Waals surface area contributed by atoms with Crippen LogP contribution in [0, 0.1) is 0 Å². The van der Waals surface area contributed by atoms with Crippen LogP contribution in [-0.4, -0.2) is 36.4 Å². The number of aliphatic hydroxyl groups is 1. The molecule has 0 aromatic heterocycles. The normalized spacial score (nSPS) is 13.3. The third kappa shape index (κ3) is 35.7. The number of aliphatic hydroxyl groups excluding tert-OH is 1. The first-order valence-corrected chi connectivity index (χ1v) is 18.8. The standard InChI is InChI=1S/C43H68O5/c1-3-5-7-9-11-13-15-17-19-21-23-25-27-29-31-33-35-37-42(45)47-40-41(39-44)48-43(46)38-36-34-32-30-28-26-24-22-20-18-16-14-12-10-8-6-4-2/h5,7,11-14,17-20,23-26,29,31,41,44H,3-4,6,8-10,15-16,21-22,27-28,30,32-40H2,1-2H3. The summed E-state index contributed by atoms with van der Waals surface area (Å²) in [5, 5.41) is 9.54. The zero-order valence-corrected chi connectivity index (χ0v) is 30.5. The van der Waals surface area contributed by atoms with Crippen molar-refractivity contribution in [1.82, 2.24) is 0 Å². The molecule has 0 saturated heterocycles. The molecule has 0 aromatic carbocycles. The fourth-order valence-electron chi connectivity index (χ4n) is 4.53. The minimum atomic E-state index is -0.812. The van der Waals surface area contributed by atoms with Crippen LogP contribution in [0.2, 0.25) is 0 Å². The molecule has 0 bridgehead atoms. The summed E-state index contributed by atoms with van der Waals surface area (Å²) in [6, 6.07) is 0. The second-order valence-electron chi connectivity index (χ2n) is 11.9. The van der Waals surface area contributed by atoms with E-state index in [0.717, 1.165) is 83.5 Å². The van der Waals surface area contributed by atoms with Crippen LogP contribution in [0.4, 0.5) is 0 Å². The lowest BCUT2D eigenvalue weighted by Crippen LogP contribution is -2.28. The Labute approximate surface area is 294 Å². The van der Waals surface area contributed by atoms with Crippen molar-refractivity contribution in [2.75, 3.05) is 13.2 Å². The molecular formula is C43H68O5. The summed E-state index contributed by atoms with van der Waals surface area (Å²) in [6.07, 6.45) is 53.2. The van der Waals surface area contributed by atoms with Gasteiger partial charge in [-0.2, -0.15) is 0 Å². The average molecular weight is 665 g/mol. The molecule has 270 valence electrons. The number of allylic oxidation sites excluding steroid dienone is 16. The molecule has 1 unspecified atom stereocenters. The minimum absolute atomic E-state index is 0.111. The van der Waals surface area contributed by atoms with Gasteiger partial charge >= 0.3 is 11.9 Å². The topological polar surface area (TPSA) is 72.8 Å². The van der Waals surface area contributed by atoms with Crippen molar-refractivity contribution in [2.24, 2.45) is 0 Å². The van der Waals surface area contributed by atoms with Crippen LogP contribution >= 0.6 is 0 Å². The van der Waals surface area contributed by atoms with Gasteiger partial charge in [-0.15, -0.1) is 0 Å². The number of unbranched alkanes of at least 4 members (excludes halogenated alkanes) is 8. The Hall–Kier alpha value is -3.18.